The molecule has 0 saturated carbocycles. The lowest BCUT2D eigenvalue weighted by Gasteiger charge is -2.02. The standard InChI is InChI=1S/C9H10N2O.H2/c1-6(12)9(11)7-4-2-3-5-8(7)10;/h2-5,11H,10H2,1H3;1H. The first kappa shape index (κ1) is 8.46. The minimum Gasteiger partial charge on any atom is -0.398 e. The highest BCUT2D eigenvalue weighted by atomic mass is 16.1. The number of hydrogen-bond donors (Lipinski definition) is 2. The van der Waals surface area contributed by atoms with Crippen molar-refractivity contribution in [2.24, 2.45) is 0 Å². The summed E-state index contributed by atoms with van der Waals surface area (Å²) in [4.78, 5) is 10.8. The minimum atomic E-state index is -0.270. The van der Waals surface area contributed by atoms with Crippen LogP contribution in [-0.4, -0.2) is 11.5 Å². The van der Waals surface area contributed by atoms with Gasteiger partial charge in [0.2, 0.25) is 0 Å². The lowest BCUT2D eigenvalue weighted by molar-refractivity contribution is -0.111. The third-order valence-corrected chi connectivity index (χ3v) is 1.58. The number of rotatable bonds is 2. The van der Waals surface area contributed by atoms with Crippen molar-refractivity contribution >= 4 is 17.2 Å². The maximum Gasteiger partial charge on any atom is 0.178 e. The maximum atomic E-state index is 10.8. The van der Waals surface area contributed by atoms with Gasteiger partial charge in [-0.1, -0.05) is 18.2 Å². The second-order valence-electron chi connectivity index (χ2n) is 2.52. The number of Topliss-reactive ketones (excluding diaryl/α,β-unsaturated/α-hetero) is 1. The van der Waals surface area contributed by atoms with E-state index in [0.717, 1.165) is 0 Å². The summed E-state index contributed by atoms with van der Waals surface area (Å²) in [6, 6.07) is 6.86. The molecule has 12 heavy (non-hydrogen) atoms. The lowest BCUT2D eigenvalue weighted by Crippen LogP contribution is -2.11. The molecule has 0 saturated heterocycles. The van der Waals surface area contributed by atoms with Crippen molar-refractivity contribution in [2.45, 2.75) is 6.92 Å². The Balaban J connectivity index is 0.00000144. The van der Waals surface area contributed by atoms with E-state index in [0.29, 0.717) is 11.3 Å². The van der Waals surface area contributed by atoms with Gasteiger partial charge in [-0.25, -0.2) is 0 Å². The predicted octanol–water partition coefficient (Wildman–Crippen LogP) is 1.47. The summed E-state index contributed by atoms with van der Waals surface area (Å²) in [5.41, 5.74) is 6.51. The quantitative estimate of drug-likeness (QED) is 0.513. The third kappa shape index (κ3) is 1.50. The van der Waals surface area contributed by atoms with Crippen LogP contribution in [-0.2, 0) is 4.79 Å². The van der Waals surface area contributed by atoms with E-state index in [2.05, 4.69) is 0 Å². The molecule has 0 fully saturated rings. The Morgan fingerprint density at radius 3 is 2.58 bits per heavy atom. The van der Waals surface area contributed by atoms with Crippen LogP contribution < -0.4 is 5.73 Å². The van der Waals surface area contributed by atoms with E-state index in [1.54, 1.807) is 24.3 Å². The number of carbonyl (C=O) groups is 1. The molecule has 3 nitrogen and oxygen atoms in total. The number of hydrogen-bond acceptors (Lipinski definition) is 3. The minimum absolute atomic E-state index is 0. The number of nitrogens with two attached hydrogens (primary N) is 1. The number of ketones is 1. The van der Waals surface area contributed by atoms with Crippen molar-refractivity contribution < 1.29 is 6.22 Å². The van der Waals surface area contributed by atoms with Gasteiger partial charge < -0.3 is 5.73 Å². The highest BCUT2D eigenvalue weighted by Crippen LogP contribution is 2.10. The van der Waals surface area contributed by atoms with Gasteiger partial charge in [-0.15, -0.1) is 0 Å². The van der Waals surface area contributed by atoms with Crippen LogP contribution >= 0.6 is 0 Å². The normalized spacial score (nSPS) is 9.42. The van der Waals surface area contributed by atoms with Crippen LogP contribution in [0, 0.1) is 5.41 Å². The van der Waals surface area contributed by atoms with Crippen molar-refractivity contribution in [1.29, 1.82) is 5.41 Å². The second-order valence-corrected chi connectivity index (χ2v) is 2.52. The fourth-order valence-electron chi connectivity index (χ4n) is 0.914. The summed E-state index contributed by atoms with van der Waals surface area (Å²) in [7, 11) is 0. The molecule has 1 aromatic carbocycles. The SMILES string of the molecule is CC(=O)C(=N)c1ccccc1N.[HH]. The molecular formula is C9H12N2O. The van der Waals surface area contributed by atoms with Crippen LogP contribution in [0.1, 0.15) is 13.9 Å². The topological polar surface area (TPSA) is 66.9 Å². The number of nitrogen functional groups attached to an aromatic ring is 1. The first-order valence-electron chi connectivity index (χ1n) is 3.57. The molecule has 0 unspecified atom stereocenters. The molecule has 0 amide bonds. The number of para-hydroxylation sites is 1. The van der Waals surface area contributed by atoms with Crippen LogP contribution in [0.2, 0.25) is 0 Å². The van der Waals surface area contributed by atoms with E-state index < -0.39 is 0 Å². The van der Waals surface area contributed by atoms with Gasteiger partial charge in [0.05, 0.1) is 0 Å². The molecular weight excluding hydrogens is 152 g/mol. The molecule has 0 aliphatic heterocycles. The first-order chi connectivity index (χ1) is 5.63. The van der Waals surface area contributed by atoms with Crippen LogP contribution in [0.15, 0.2) is 24.3 Å². The van der Waals surface area contributed by atoms with E-state index in [1.807, 2.05) is 0 Å². The van der Waals surface area contributed by atoms with Crippen molar-refractivity contribution in [2.75, 3.05) is 5.73 Å². The zero-order valence-electron chi connectivity index (χ0n) is 6.79. The van der Waals surface area contributed by atoms with E-state index >= 15 is 0 Å². The van der Waals surface area contributed by atoms with Crippen LogP contribution in [0.4, 0.5) is 5.69 Å². The van der Waals surface area contributed by atoms with Crippen LogP contribution in [0.25, 0.3) is 0 Å². The Hall–Kier alpha value is -1.64. The molecule has 1 aromatic rings. The second kappa shape index (κ2) is 3.17. The molecule has 0 heterocycles. The fraction of sp³-hybridized carbons (Fsp3) is 0.111. The Morgan fingerprint density at radius 1 is 1.50 bits per heavy atom. The maximum absolute atomic E-state index is 10.8. The van der Waals surface area contributed by atoms with E-state index in [1.165, 1.54) is 6.92 Å². The predicted molar refractivity (Wildman–Crippen MR) is 50.5 cm³/mol. The molecule has 0 bridgehead atoms. The molecule has 3 N–H and O–H groups in total. The summed E-state index contributed by atoms with van der Waals surface area (Å²) in [5.74, 6) is -0.270. The average Bonchev–Trinajstić information content (AvgIpc) is 2.04. The summed E-state index contributed by atoms with van der Waals surface area (Å²) in [5, 5.41) is 7.40. The molecule has 3 heteroatoms. The van der Waals surface area contributed by atoms with Crippen LogP contribution in [0.3, 0.4) is 0 Å². The van der Waals surface area contributed by atoms with E-state index in [9.17, 15) is 4.79 Å². The molecule has 64 valence electrons. The third-order valence-electron chi connectivity index (χ3n) is 1.58. The lowest BCUT2D eigenvalue weighted by atomic mass is 10.1. The molecule has 1 rings (SSSR count). The van der Waals surface area contributed by atoms with Crippen molar-refractivity contribution in [3.63, 3.8) is 0 Å². The summed E-state index contributed by atoms with van der Waals surface area (Å²) in [6.45, 7) is 1.36. The largest absolute Gasteiger partial charge is 0.398 e. The monoisotopic (exact) mass is 164 g/mol. The van der Waals surface area contributed by atoms with Gasteiger partial charge in [-0.2, -0.15) is 0 Å². The summed E-state index contributed by atoms with van der Waals surface area (Å²) >= 11 is 0. The highest BCUT2D eigenvalue weighted by Gasteiger charge is 2.08. The van der Waals surface area contributed by atoms with E-state index in [4.69, 9.17) is 11.1 Å². The first-order valence-corrected chi connectivity index (χ1v) is 3.57. The summed E-state index contributed by atoms with van der Waals surface area (Å²) in [6.07, 6.45) is 0. The van der Waals surface area contributed by atoms with Gasteiger partial charge in [0.1, 0.15) is 5.71 Å². The Kier molecular flexibility index (Phi) is 2.24. The molecule has 0 radical (unpaired) electrons. The van der Waals surface area contributed by atoms with Gasteiger partial charge in [0.15, 0.2) is 5.78 Å². The van der Waals surface area contributed by atoms with E-state index in [-0.39, 0.29) is 12.9 Å². The van der Waals surface area contributed by atoms with Crippen molar-refractivity contribution in [1.82, 2.24) is 0 Å². The summed E-state index contributed by atoms with van der Waals surface area (Å²) < 4.78 is 0. The zero-order valence-corrected chi connectivity index (χ0v) is 6.79. The van der Waals surface area contributed by atoms with Crippen molar-refractivity contribution in [3.05, 3.63) is 29.8 Å². The number of carbonyl (C=O) groups excluding carboxylic acids is 1. The highest BCUT2D eigenvalue weighted by molar-refractivity contribution is 6.45. The van der Waals surface area contributed by atoms with Crippen molar-refractivity contribution in [3.8, 4) is 0 Å². The average molecular weight is 164 g/mol. The molecule has 0 spiro atoms. The van der Waals surface area contributed by atoms with Gasteiger partial charge in [0, 0.05) is 19.6 Å². The Bertz CT molecular complexity index is 336. The van der Waals surface area contributed by atoms with Gasteiger partial charge >= 0.3 is 0 Å². The molecule has 0 aliphatic rings. The number of nitrogens with one attached hydrogen (secondary N) is 1. The number of anilines is 1. The van der Waals surface area contributed by atoms with Gasteiger partial charge in [-0.3, -0.25) is 10.2 Å². The van der Waals surface area contributed by atoms with Crippen LogP contribution in [0.5, 0.6) is 0 Å². The smallest absolute Gasteiger partial charge is 0.178 e. The Morgan fingerprint density at radius 2 is 2.08 bits per heavy atom. The Labute approximate surface area is 72.2 Å². The fourth-order valence-corrected chi connectivity index (χ4v) is 0.914. The van der Waals surface area contributed by atoms with Gasteiger partial charge in [-0.05, 0) is 6.07 Å². The molecule has 0 atom stereocenters. The number of benzene rings is 1. The molecule has 0 aliphatic carbocycles. The van der Waals surface area contributed by atoms with Gasteiger partial charge in [0.25, 0.3) is 0 Å². The molecule has 0 aromatic heterocycles. The zero-order chi connectivity index (χ0) is 9.14.